The molecule has 0 aliphatic carbocycles. The van der Waals surface area contributed by atoms with Gasteiger partial charge < -0.3 is 4.18 Å². The highest BCUT2D eigenvalue weighted by atomic mass is 32.2. The Morgan fingerprint density at radius 1 is 0.886 bits per heavy atom. The molecule has 12 heteroatoms. The first-order valence-corrected chi connectivity index (χ1v) is 11.3. The number of barbiturate groups is 1. The summed E-state index contributed by atoms with van der Waals surface area (Å²) >= 11 is 0. The van der Waals surface area contributed by atoms with Crippen molar-refractivity contribution in [3.05, 3.63) is 100 Å². The monoisotopic (exact) mass is 493 g/mol. The molecule has 0 bridgehead atoms. The predicted octanol–water partition coefficient (Wildman–Crippen LogP) is 3.03. The van der Waals surface area contributed by atoms with E-state index in [1.54, 1.807) is 18.2 Å². The van der Waals surface area contributed by atoms with E-state index in [1.807, 2.05) is 5.32 Å². The van der Waals surface area contributed by atoms with Crippen LogP contribution < -0.4 is 14.4 Å². The molecule has 3 aromatic rings. The number of nitrogens with one attached hydrogen (secondary N) is 1. The number of anilines is 1. The van der Waals surface area contributed by atoms with Gasteiger partial charge in [-0.05, 0) is 48.0 Å². The van der Waals surface area contributed by atoms with Crippen LogP contribution in [0.25, 0.3) is 6.08 Å². The SMILES string of the molecule is O=C1NC(=O)N(c2ccc([N+](=O)[O-])cc2)C(=O)/C1=C/c1ccc(OS(=O)(=O)c2ccccc2)cc1. The molecule has 1 N–H and O–H groups in total. The maximum Gasteiger partial charge on any atom is 0.339 e. The number of amides is 4. The van der Waals surface area contributed by atoms with Crippen LogP contribution in [0, 0.1) is 10.1 Å². The molecule has 11 nitrogen and oxygen atoms in total. The van der Waals surface area contributed by atoms with Gasteiger partial charge in [0.25, 0.3) is 17.5 Å². The van der Waals surface area contributed by atoms with E-state index in [0.717, 1.165) is 12.1 Å². The third kappa shape index (κ3) is 4.91. The van der Waals surface area contributed by atoms with Gasteiger partial charge in [0, 0.05) is 12.1 Å². The summed E-state index contributed by atoms with van der Waals surface area (Å²) in [6.45, 7) is 0. The number of urea groups is 1. The number of non-ortho nitro benzene ring substituents is 1. The highest BCUT2D eigenvalue weighted by Gasteiger charge is 2.37. The number of nitrogens with zero attached hydrogens (tertiary/aromatic N) is 2. The number of imide groups is 2. The van der Waals surface area contributed by atoms with E-state index >= 15 is 0 Å². The molecule has 1 saturated heterocycles. The number of benzene rings is 3. The molecule has 1 aliphatic heterocycles. The van der Waals surface area contributed by atoms with Gasteiger partial charge in [0.05, 0.1) is 10.6 Å². The van der Waals surface area contributed by atoms with E-state index < -0.39 is 32.9 Å². The van der Waals surface area contributed by atoms with Gasteiger partial charge >= 0.3 is 16.1 Å². The summed E-state index contributed by atoms with van der Waals surface area (Å²) in [7, 11) is -4.04. The standard InChI is InChI=1S/C23H15N3O8S/c27-21-20(22(28)25(23(29)24-21)16-8-10-17(11-9-16)26(30)31)14-15-6-12-18(13-7-15)34-35(32,33)19-4-2-1-3-5-19/h1-14H,(H,24,27,29)/b20-14+. The second kappa shape index (κ2) is 9.19. The summed E-state index contributed by atoms with van der Waals surface area (Å²) in [5.41, 5.74) is -0.215. The van der Waals surface area contributed by atoms with Gasteiger partial charge in [-0.1, -0.05) is 30.3 Å². The van der Waals surface area contributed by atoms with Crippen LogP contribution in [0.3, 0.4) is 0 Å². The quantitative estimate of drug-likeness (QED) is 0.181. The molecule has 0 aromatic heterocycles. The van der Waals surface area contributed by atoms with Crippen molar-refractivity contribution in [3.8, 4) is 5.75 Å². The molecule has 0 spiro atoms. The fourth-order valence-corrected chi connectivity index (χ4v) is 4.11. The molecule has 176 valence electrons. The van der Waals surface area contributed by atoms with E-state index in [4.69, 9.17) is 4.18 Å². The predicted molar refractivity (Wildman–Crippen MR) is 123 cm³/mol. The fraction of sp³-hybridized carbons (Fsp3) is 0. The summed E-state index contributed by atoms with van der Waals surface area (Å²) in [6, 6.07) is 16.8. The van der Waals surface area contributed by atoms with E-state index in [1.165, 1.54) is 54.6 Å². The Kier molecular flexibility index (Phi) is 6.12. The average Bonchev–Trinajstić information content (AvgIpc) is 2.83. The van der Waals surface area contributed by atoms with Crippen LogP contribution in [-0.4, -0.2) is 31.2 Å². The molecule has 4 rings (SSSR count). The maximum absolute atomic E-state index is 12.9. The second-order valence-corrected chi connectivity index (χ2v) is 8.70. The van der Waals surface area contributed by atoms with Crippen molar-refractivity contribution in [2.45, 2.75) is 4.90 Å². The molecule has 0 saturated carbocycles. The summed E-state index contributed by atoms with van der Waals surface area (Å²) in [5.74, 6) is -1.84. The van der Waals surface area contributed by atoms with Gasteiger partial charge in [-0.3, -0.25) is 25.0 Å². The van der Waals surface area contributed by atoms with Crippen molar-refractivity contribution in [2.24, 2.45) is 0 Å². The molecule has 1 heterocycles. The Morgan fingerprint density at radius 2 is 1.51 bits per heavy atom. The smallest absolute Gasteiger partial charge is 0.339 e. The molecule has 0 unspecified atom stereocenters. The molecule has 1 aliphatic rings. The van der Waals surface area contributed by atoms with Crippen molar-refractivity contribution >= 4 is 45.4 Å². The van der Waals surface area contributed by atoms with Gasteiger partial charge in [0.2, 0.25) is 0 Å². The Labute approximate surface area is 198 Å². The zero-order valence-electron chi connectivity index (χ0n) is 17.7. The first-order chi connectivity index (χ1) is 16.7. The highest BCUT2D eigenvalue weighted by molar-refractivity contribution is 7.87. The van der Waals surface area contributed by atoms with Crippen LogP contribution in [-0.2, 0) is 19.7 Å². The lowest BCUT2D eigenvalue weighted by Gasteiger charge is -2.26. The molecule has 0 atom stereocenters. The third-order valence-electron chi connectivity index (χ3n) is 4.85. The highest BCUT2D eigenvalue weighted by Crippen LogP contribution is 2.25. The fourth-order valence-electron chi connectivity index (χ4n) is 3.16. The first kappa shape index (κ1) is 23.3. The van der Waals surface area contributed by atoms with Crippen molar-refractivity contribution < 1.29 is 31.9 Å². The number of hydrogen-bond acceptors (Lipinski definition) is 8. The number of hydrogen-bond donors (Lipinski definition) is 1. The number of nitro groups is 1. The lowest BCUT2D eigenvalue weighted by atomic mass is 10.1. The molecule has 35 heavy (non-hydrogen) atoms. The van der Waals surface area contributed by atoms with Gasteiger partial charge in [-0.15, -0.1) is 0 Å². The Bertz CT molecular complexity index is 1470. The van der Waals surface area contributed by atoms with Gasteiger partial charge in [-0.25, -0.2) is 9.69 Å². The molecule has 3 aromatic carbocycles. The van der Waals surface area contributed by atoms with Crippen LogP contribution >= 0.6 is 0 Å². The Morgan fingerprint density at radius 3 is 2.11 bits per heavy atom. The maximum atomic E-state index is 12.9. The minimum atomic E-state index is -4.04. The van der Waals surface area contributed by atoms with Crippen LogP contribution in [0.5, 0.6) is 5.75 Å². The van der Waals surface area contributed by atoms with E-state index in [-0.39, 0.29) is 27.6 Å². The van der Waals surface area contributed by atoms with Crippen molar-refractivity contribution in [2.75, 3.05) is 4.90 Å². The summed E-state index contributed by atoms with van der Waals surface area (Å²) < 4.78 is 29.8. The van der Waals surface area contributed by atoms with Crippen molar-refractivity contribution in [1.82, 2.24) is 5.32 Å². The van der Waals surface area contributed by atoms with Crippen LogP contribution in [0.4, 0.5) is 16.2 Å². The first-order valence-electron chi connectivity index (χ1n) is 9.91. The Balaban J connectivity index is 1.57. The lowest BCUT2D eigenvalue weighted by Crippen LogP contribution is -2.54. The summed E-state index contributed by atoms with van der Waals surface area (Å²) in [5, 5.41) is 12.9. The molecule has 1 fully saturated rings. The van der Waals surface area contributed by atoms with Crippen LogP contribution in [0.2, 0.25) is 0 Å². The third-order valence-corrected chi connectivity index (χ3v) is 6.11. The van der Waals surface area contributed by atoms with Crippen LogP contribution in [0.15, 0.2) is 89.3 Å². The summed E-state index contributed by atoms with van der Waals surface area (Å²) in [6.07, 6.45) is 1.22. The van der Waals surface area contributed by atoms with Crippen LogP contribution in [0.1, 0.15) is 5.56 Å². The number of nitro benzene ring substituents is 1. The second-order valence-electron chi connectivity index (χ2n) is 7.15. The van der Waals surface area contributed by atoms with Gasteiger partial charge in [-0.2, -0.15) is 8.42 Å². The van der Waals surface area contributed by atoms with Crippen molar-refractivity contribution in [1.29, 1.82) is 0 Å². The number of carbonyl (C=O) groups excluding carboxylic acids is 3. The Hall–Kier alpha value is -4.84. The van der Waals surface area contributed by atoms with E-state index in [2.05, 4.69) is 0 Å². The largest absolute Gasteiger partial charge is 0.379 e. The van der Waals surface area contributed by atoms with Gasteiger partial charge in [0.15, 0.2) is 0 Å². The number of rotatable bonds is 6. The minimum Gasteiger partial charge on any atom is -0.379 e. The zero-order chi connectivity index (χ0) is 25.2. The summed E-state index contributed by atoms with van der Waals surface area (Å²) in [4.78, 5) is 48.4. The molecule has 4 amide bonds. The molecular formula is C23H15N3O8S. The lowest BCUT2D eigenvalue weighted by molar-refractivity contribution is -0.384. The minimum absolute atomic E-state index is 0.0121. The normalized spacial score (nSPS) is 15.1. The van der Waals surface area contributed by atoms with Crippen molar-refractivity contribution in [3.63, 3.8) is 0 Å². The van der Waals surface area contributed by atoms with Gasteiger partial charge in [0.1, 0.15) is 16.2 Å². The number of carbonyl (C=O) groups is 3. The average molecular weight is 493 g/mol. The van der Waals surface area contributed by atoms with E-state index in [0.29, 0.717) is 10.5 Å². The van der Waals surface area contributed by atoms with E-state index in [9.17, 15) is 32.9 Å². The molecular weight excluding hydrogens is 478 g/mol. The molecule has 0 radical (unpaired) electrons. The topological polar surface area (TPSA) is 153 Å². The zero-order valence-corrected chi connectivity index (χ0v) is 18.5.